The van der Waals surface area contributed by atoms with Crippen molar-refractivity contribution in [3.8, 4) is 5.75 Å². The van der Waals surface area contributed by atoms with Gasteiger partial charge in [0, 0.05) is 43.5 Å². The summed E-state index contributed by atoms with van der Waals surface area (Å²) in [6, 6.07) is 4.12. The molecule has 2 aromatic heterocycles. The molecule has 0 spiro atoms. The number of ketones is 1. The summed E-state index contributed by atoms with van der Waals surface area (Å²) < 4.78 is 36.0. The summed E-state index contributed by atoms with van der Waals surface area (Å²) in [5.41, 5.74) is -0.418. The Kier molecular flexibility index (Phi) is 5.42. The number of fused-ring (bicyclic) bond motifs is 1. The third-order valence-electron chi connectivity index (χ3n) is 7.48. The van der Waals surface area contributed by atoms with Gasteiger partial charge in [-0.1, -0.05) is 0 Å². The number of ether oxygens (including phenoxy) is 1. The largest absolute Gasteiger partial charge is 0.493 e. The van der Waals surface area contributed by atoms with Crippen molar-refractivity contribution in [1.29, 1.82) is 0 Å². The molecule has 3 fully saturated rings. The summed E-state index contributed by atoms with van der Waals surface area (Å²) in [5, 5.41) is 4.53. The van der Waals surface area contributed by atoms with Crippen LogP contribution in [-0.4, -0.2) is 45.1 Å². The van der Waals surface area contributed by atoms with Crippen LogP contribution < -0.4 is 9.64 Å². The van der Waals surface area contributed by atoms with Crippen LogP contribution in [0.5, 0.6) is 5.75 Å². The standard InChI is InChI=1S/C25H27F2N5O2/c26-20-13-18(14-21(27)22(20)23(33)16-2-3-16)34-11-6-17-12-19(17)15-4-9-31(10-5-15)25-29-24-28-7-1-8-32(24)30-25/h1,7-8,13-17,19H,2-6,9-12H2. The summed E-state index contributed by atoms with van der Waals surface area (Å²) in [5.74, 6) is 1.18. The second kappa shape index (κ2) is 8.60. The molecule has 3 aliphatic rings. The summed E-state index contributed by atoms with van der Waals surface area (Å²) in [6.45, 7) is 2.30. The minimum Gasteiger partial charge on any atom is -0.493 e. The molecule has 1 aliphatic heterocycles. The molecule has 9 heteroatoms. The highest BCUT2D eigenvalue weighted by Gasteiger charge is 2.43. The predicted molar refractivity (Wildman–Crippen MR) is 121 cm³/mol. The molecule has 0 radical (unpaired) electrons. The number of carbonyl (C=O) groups is 1. The summed E-state index contributed by atoms with van der Waals surface area (Å²) >= 11 is 0. The van der Waals surface area contributed by atoms with Crippen molar-refractivity contribution in [3.63, 3.8) is 0 Å². The van der Waals surface area contributed by atoms with E-state index < -0.39 is 23.0 Å². The average Bonchev–Trinajstić information content (AvgIpc) is 3.76. The van der Waals surface area contributed by atoms with E-state index in [1.165, 1.54) is 6.42 Å². The van der Waals surface area contributed by atoms with Crippen molar-refractivity contribution in [2.24, 2.45) is 23.7 Å². The van der Waals surface area contributed by atoms with E-state index in [0.717, 1.165) is 50.4 Å². The van der Waals surface area contributed by atoms with Gasteiger partial charge in [-0.3, -0.25) is 4.79 Å². The number of aromatic nitrogens is 4. The van der Waals surface area contributed by atoms with Crippen LogP contribution in [0, 0.1) is 35.3 Å². The Hall–Kier alpha value is -3.10. The van der Waals surface area contributed by atoms with Gasteiger partial charge in [-0.2, -0.15) is 4.98 Å². The fourth-order valence-corrected chi connectivity index (χ4v) is 5.31. The van der Waals surface area contributed by atoms with Crippen molar-refractivity contribution < 1.29 is 18.3 Å². The quantitative estimate of drug-likeness (QED) is 0.460. The van der Waals surface area contributed by atoms with E-state index in [4.69, 9.17) is 4.74 Å². The molecule has 6 rings (SSSR count). The molecule has 2 unspecified atom stereocenters. The van der Waals surface area contributed by atoms with Crippen molar-refractivity contribution >= 4 is 17.5 Å². The Balaban J connectivity index is 0.968. The van der Waals surface area contributed by atoms with E-state index in [2.05, 4.69) is 20.0 Å². The summed E-state index contributed by atoms with van der Waals surface area (Å²) in [4.78, 5) is 23.1. The number of halogens is 2. The first-order chi connectivity index (χ1) is 16.6. The van der Waals surface area contributed by atoms with Crippen molar-refractivity contribution in [2.45, 2.75) is 38.5 Å². The predicted octanol–water partition coefficient (Wildman–Crippen LogP) is 4.32. The SMILES string of the molecule is O=C(c1c(F)cc(OCCC2CC2C2CCN(c3nc4ncccn4n3)CC2)cc1F)C1CC1. The third kappa shape index (κ3) is 4.23. The van der Waals surface area contributed by atoms with Crippen LogP contribution in [0.3, 0.4) is 0 Å². The molecule has 0 N–H and O–H groups in total. The van der Waals surface area contributed by atoms with Gasteiger partial charge in [-0.25, -0.2) is 18.3 Å². The highest BCUT2D eigenvalue weighted by atomic mass is 19.1. The van der Waals surface area contributed by atoms with Crippen molar-refractivity contribution in [1.82, 2.24) is 19.6 Å². The van der Waals surface area contributed by atoms with Gasteiger partial charge in [0.2, 0.25) is 5.95 Å². The first kappa shape index (κ1) is 21.4. The Morgan fingerprint density at radius 1 is 1.12 bits per heavy atom. The van der Waals surface area contributed by atoms with Crippen LogP contribution >= 0.6 is 0 Å². The summed E-state index contributed by atoms with van der Waals surface area (Å²) in [6.07, 6.45) is 9.27. The molecule has 2 saturated carbocycles. The molecule has 178 valence electrons. The number of carbonyl (C=O) groups excluding carboxylic acids is 1. The highest BCUT2D eigenvalue weighted by molar-refractivity contribution is 5.99. The minimum absolute atomic E-state index is 0.155. The van der Waals surface area contributed by atoms with Crippen LogP contribution in [0.15, 0.2) is 30.6 Å². The van der Waals surface area contributed by atoms with E-state index in [0.29, 0.717) is 43.0 Å². The summed E-state index contributed by atoms with van der Waals surface area (Å²) in [7, 11) is 0. The van der Waals surface area contributed by atoms with Gasteiger partial charge in [-0.15, -0.1) is 5.10 Å². The van der Waals surface area contributed by atoms with Crippen molar-refractivity contribution in [2.75, 3.05) is 24.6 Å². The Labute approximate surface area is 196 Å². The number of Topliss-reactive ketones (excluding diaryl/α,β-unsaturated/α-hetero) is 1. The minimum atomic E-state index is -0.821. The topological polar surface area (TPSA) is 72.6 Å². The van der Waals surface area contributed by atoms with Gasteiger partial charge in [0.05, 0.1) is 12.2 Å². The zero-order chi connectivity index (χ0) is 23.2. The fourth-order valence-electron chi connectivity index (χ4n) is 5.31. The number of piperidine rings is 1. The van der Waals surface area contributed by atoms with Gasteiger partial charge in [0.25, 0.3) is 5.78 Å². The monoisotopic (exact) mass is 467 g/mol. The Morgan fingerprint density at radius 2 is 1.88 bits per heavy atom. The van der Waals surface area contributed by atoms with E-state index in [-0.39, 0.29) is 11.7 Å². The first-order valence-electron chi connectivity index (χ1n) is 12.1. The molecule has 3 heterocycles. The lowest BCUT2D eigenvalue weighted by Gasteiger charge is -2.31. The molecule has 34 heavy (non-hydrogen) atoms. The van der Waals surface area contributed by atoms with Gasteiger partial charge < -0.3 is 9.64 Å². The normalized spacial score (nSPS) is 22.8. The van der Waals surface area contributed by atoms with E-state index in [1.54, 1.807) is 10.7 Å². The maximum absolute atomic E-state index is 14.3. The van der Waals surface area contributed by atoms with E-state index in [1.807, 2.05) is 12.3 Å². The number of anilines is 1. The van der Waals surface area contributed by atoms with Gasteiger partial charge in [0.15, 0.2) is 5.78 Å². The lowest BCUT2D eigenvalue weighted by molar-refractivity contribution is 0.0959. The molecular formula is C25H27F2N5O2. The van der Waals surface area contributed by atoms with Crippen LogP contribution in [0.4, 0.5) is 14.7 Å². The Morgan fingerprint density at radius 3 is 2.59 bits per heavy atom. The molecule has 2 atom stereocenters. The smallest absolute Gasteiger partial charge is 0.253 e. The molecule has 0 amide bonds. The van der Waals surface area contributed by atoms with Crippen molar-refractivity contribution in [3.05, 3.63) is 47.8 Å². The number of rotatable bonds is 8. The van der Waals surface area contributed by atoms with Crippen LogP contribution in [0.25, 0.3) is 5.78 Å². The number of hydrogen-bond donors (Lipinski definition) is 0. The van der Waals surface area contributed by atoms with Crippen LogP contribution in [0.2, 0.25) is 0 Å². The first-order valence-corrected chi connectivity index (χ1v) is 12.1. The maximum Gasteiger partial charge on any atom is 0.253 e. The van der Waals surface area contributed by atoms with E-state index >= 15 is 0 Å². The molecule has 7 nitrogen and oxygen atoms in total. The lowest BCUT2D eigenvalue weighted by atomic mass is 9.90. The number of benzene rings is 1. The number of nitrogens with zero attached hydrogens (tertiary/aromatic N) is 5. The molecule has 2 aliphatic carbocycles. The zero-order valence-electron chi connectivity index (χ0n) is 18.9. The van der Waals surface area contributed by atoms with Crippen LogP contribution in [-0.2, 0) is 0 Å². The van der Waals surface area contributed by atoms with Gasteiger partial charge in [0.1, 0.15) is 17.4 Å². The van der Waals surface area contributed by atoms with Crippen LogP contribution in [0.1, 0.15) is 48.9 Å². The molecule has 3 aromatic rings. The highest BCUT2D eigenvalue weighted by Crippen LogP contribution is 2.50. The number of hydrogen-bond acceptors (Lipinski definition) is 6. The molecule has 1 aromatic carbocycles. The van der Waals surface area contributed by atoms with Gasteiger partial charge >= 0.3 is 0 Å². The third-order valence-corrected chi connectivity index (χ3v) is 7.48. The second-order valence-corrected chi connectivity index (χ2v) is 9.80. The Bertz CT molecular complexity index is 1160. The molecule has 1 saturated heterocycles. The molecule has 0 bridgehead atoms. The molecular weight excluding hydrogens is 440 g/mol. The maximum atomic E-state index is 14.3. The fraction of sp³-hybridized carbons (Fsp3) is 0.520. The van der Waals surface area contributed by atoms with E-state index in [9.17, 15) is 13.6 Å². The average molecular weight is 468 g/mol. The lowest BCUT2D eigenvalue weighted by Crippen LogP contribution is -2.35. The zero-order valence-corrected chi connectivity index (χ0v) is 18.9. The van der Waals surface area contributed by atoms with Gasteiger partial charge in [-0.05, 0) is 62.3 Å². The second-order valence-electron chi connectivity index (χ2n) is 9.80.